The van der Waals surface area contributed by atoms with Gasteiger partial charge in [0.25, 0.3) is 0 Å². The van der Waals surface area contributed by atoms with Gasteiger partial charge in [0.15, 0.2) is 5.96 Å². The molecule has 2 fully saturated rings. The molecule has 9 heteroatoms. The molecule has 0 aromatic heterocycles. The highest BCUT2D eigenvalue weighted by molar-refractivity contribution is 7.89. The quantitative estimate of drug-likeness (QED) is 0.531. The van der Waals surface area contributed by atoms with Crippen LogP contribution in [0, 0.1) is 0 Å². The van der Waals surface area contributed by atoms with Crippen LogP contribution in [0.25, 0.3) is 0 Å². The maximum absolute atomic E-state index is 13.2. The smallest absolute Gasteiger partial charge is 0.243 e. The number of guanidine groups is 1. The summed E-state index contributed by atoms with van der Waals surface area (Å²) in [5.74, 6) is 0.770. The minimum absolute atomic E-state index is 0.247. The molecule has 0 bridgehead atoms. The van der Waals surface area contributed by atoms with E-state index in [9.17, 15) is 13.5 Å². The maximum Gasteiger partial charge on any atom is 0.243 e. The molecule has 0 unspecified atom stereocenters. The van der Waals surface area contributed by atoms with Crippen molar-refractivity contribution in [3.05, 3.63) is 29.8 Å². The minimum atomic E-state index is -3.54. The van der Waals surface area contributed by atoms with Crippen molar-refractivity contribution >= 4 is 16.0 Å². The lowest BCUT2D eigenvalue weighted by Crippen LogP contribution is -2.47. The zero-order valence-corrected chi connectivity index (χ0v) is 18.2. The first-order valence-electron chi connectivity index (χ1n) is 10.4. The van der Waals surface area contributed by atoms with E-state index in [0.717, 1.165) is 51.5 Å². The van der Waals surface area contributed by atoms with Gasteiger partial charge in [0.1, 0.15) is 0 Å². The highest BCUT2D eigenvalue weighted by Crippen LogP contribution is 2.22. The average molecular weight is 424 g/mol. The summed E-state index contributed by atoms with van der Waals surface area (Å²) in [6.45, 7) is 7.03. The Morgan fingerprint density at radius 2 is 1.79 bits per heavy atom. The van der Waals surface area contributed by atoms with E-state index in [1.54, 1.807) is 16.4 Å². The third-order valence-corrected chi connectivity index (χ3v) is 7.55. The standard InChI is InChI=1S/C20H33N5O3S/c1-3-21-20(24-10-8-18(26)9-11-24)22-16-17-6-4-5-7-19(17)29(27,28)25-14-12-23(2)13-15-25/h4-7,18,26H,3,8-16H2,1-2H3,(H,21,22). The van der Waals surface area contributed by atoms with Crippen LogP contribution < -0.4 is 5.32 Å². The topological polar surface area (TPSA) is 88.5 Å². The Labute approximate surface area is 174 Å². The van der Waals surface area contributed by atoms with Crippen LogP contribution in [0.2, 0.25) is 0 Å². The third-order valence-electron chi connectivity index (χ3n) is 5.55. The molecule has 2 N–H and O–H groups in total. The Hall–Kier alpha value is -1.68. The van der Waals surface area contributed by atoms with Crippen molar-refractivity contribution in [1.82, 2.24) is 19.4 Å². The molecule has 0 radical (unpaired) electrons. The molecular weight excluding hydrogens is 390 g/mol. The van der Waals surface area contributed by atoms with E-state index in [1.165, 1.54) is 0 Å². The average Bonchev–Trinajstić information content (AvgIpc) is 2.72. The SMILES string of the molecule is CCNC(=NCc1ccccc1S(=O)(=O)N1CCN(C)CC1)N1CCC(O)CC1. The van der Waals surface area contributed by atoms with Crippen molar-refractivity contribution in [2.75, 3.05) is 52.9 Å². The molecule has 2 aliphatic rings. The van der Waals surface area contributed by atoms with Crippen molar-refractivity contribution in [1.29, 1.82) is 0 Å². The number of rotatable bonds is 5. The van der Waals surface area contributed by atoms with Gasteiger partial charge >= 0.3 is 0 Å². The lowest BCUT2D eigenvalue weighted by Gasteiger charge is -2.32. The van der Waals surface area contributed by atoms with Crippen LogP contribution in [0.4, 0.5) is 0 Å². The van der Waals surface area contributed by atoms with Crippen LogP contribution in [0.1, 0.15) is 25.3 Å². The molecule has 8 nitrogen and oxygen atoms in total. The fourth-order valence-corrected chi connectivity index (χ4v) is 5.35. The Morgan fingerprint density at radius 1 is 1.14 bits per heavy atom. The highest BCUT2D eigenvalue weighted by atomic mass is 32.2. The normalized spacial score (nSPS) is 20.8. The molecule has 2 aliphatic heterocycles. The van der Waals surface area contributed by atoms with Gasteiger partial charge in [-0.25, -0.2) is 13.4 Å². The molecule has 29 heavy (non-hydrogen) atoms. The van der Waals surface area contributed by atoms with E-state index in [-0.39, 0.29) is 6.10 Å². The number of likely N-dealkylation sites (N-methyl/N-ethyl adjacent to an activating group) is 1. The summed E-state index contributed by atoms with van der Waals surface area (Å²) in [4.78, 5) is 9.34. The number of piperazine rings is 1. The molecular formula is C20H33N5O3S. The molecule has 3 rings (SSSR count). The summed E-state index contributed by atoms with van der Waals surface area (Å²) in [7, 11) is -1.53. The van der Waals surface area contributed by atoms with Gasteiger partial charge in [-0.3, -0.25) is 0 Å². The number of nitrogens with one attached hydrogen (secondary N) is 1. The molecule has 1 aromatic rings. The van der Waals surface area contributed by atoms with Crippen molar-refractivity contribution in [3.63, 3.8) is 0 Å². The number of aliphatic hydroxyl groups is 1. The fourth-order valence-electron chi connectivity index (χ4n) is 3.72. The summed E-state index contributed by atoms with van der Waals surface area (Å²) in [6.07, 6.45) is 1.20. The Morgan fingerprint density at radius 3 is 2.45 bits per heavy atom. The van der Waals surface area contributed by atoms with E-state index in [4.69, 9.17) is 4.99 Å². The minimum Gasteiger partial charge on any atom is -0.393 e. The van der Waals surface area contributed by atoms with Crippen LogP contribution in [-0.4, -0.2) is 92.6 Å². The van der Waals surface area contributed by atoms with E-state index in [0.29, 0.717) is 30.1 Å². The zero-order chi connectivity index (χ0) is 20.9. The predicted octanol–water partition coefficient (Wildman–Crippen LogP) is 0.545. The van der Waals surface area contributed by atoms with Crippen molar-refractivity contribution in [2.24, 2.45) is 4.99 Å². The maximum atomic E-state index is 13.2. The van der Waals surface area contributed by atoms with Gasteiger partial charge in [-0.05, 0) is 38.4 Å². The second-order valence-electron chi connectivity index (χ2n) is 7.70. The highest BCUT2D eigenvalue weighted by Gasteiger charge is 2.29. The monoisotopic (exact) mass is 423 g/mol. The van der Waals surface area contributed by atoms with Crippen molar-refractivity contribution in [2.45, 2.75) is 37.3 Å². The first kappa shape index (κ1) is 22.0. The van der Waals surface area contributed by atoms with Gasteiger partial charge in [-0.2, -0.15) is 4.31 Å². The second-order valence-corrected chi connectivity index (χ2v) is 9.61. The largest absolute Gasteiger partial charge is 0.393 e. The molecule has 0 amide bonds. The Kier molecular flexibility index (Phi) is 7.50. The molecule has 0 atom stereocenters. The van der Waals surface area contributed by atoms with Crippen LogP contribution in [-0.2, 0) is 16.6 Å². The summed E-state index contributed by atoms with van der Waals surface area (Å²) in [5, 5.41) is 13.0. The molecule has 0 saturated carbocycles. The van der Waals surface area contributed by atoms with E-state index < -0.39 is 10.0 Å². The van der Waals surface area contributed by atoms with E-state index in [2.05, 4.69) is 15.1 Å². The van der Waals surface area contributed by atoms with Gasteiger partial charge in [0.2, 0.25) is 10.0 Å². The summed E-state index contributed by atoms with van der Waals surface area (Å²) >= 11 is 0. The number of aliphatic hydroxyl groups excluding tert-OH is 1. The molecule has 2 saturated heterocycles. The van der Waals surface area contributed by atoms with Gasteiger partial charge in [-0.1, -0.05) is 18.2 Å². The number of aliphatic imine (C=N–C) groups is 1. The van der Waals surface area contributed by atoms with E-state index in [1.807, 2.05) is 26.1 Å². The summed E-state index contributed by atoms with van der Waals surface area (Å²) in [5.41, 5.74) is 0.707. The third kappa shape index (κ3) is 5.48. The number of likely N-dealkylation sites (tertiary alicyclic amines) is 1. The van der Waals surface area contributed by atoms with Crippen LogP contribution in [0.15, 0.2) is 34.2 Å². The first-order chi connectivity index (χ1) is 13.9. The molecule has 0 aliphatic carbocycles. The molecule has 1 aromatic carbocycles. The number of sulfonamides is 1. The Balaban J connectivity index is 1.79. The second kappa shape index (κ2) is 9.88. The van der Waals surface area contributed by atoms with Crippen molar-refractivity contribution < 1.29 is 13.5 Å². The zero-order valence-electron chi connectivity index (χ0n) is 17.4. The number of piperidine rings is 1. The Bertz CT molecular complexity index is 798. The number of hydrogen-bond donors (Lipinski definition) is 2. The molecule has 0 spiro atoms. The van der Waals surface area contributed by atoms with Gasteiger partial charge < -0.3 is 20.2 Å². The van der Waals surface area contributed by atoms with E-state index >= 15 is 0 Å². The summed E-state index contributed by atoms with van der Waals surface area (Å²) in [6, 6.07) is 7.16. The number of benzene rings is 1. The van der Waals surface area contributed by atoms with Gasteiger partial charge in [0, 0.05) is 45.8 Å². The van der Waals surface area contributed by atoms with Crippen LogP contribution in [0.5, 0.6) is 0 Å². The number of nitrogens with zero attached hydrogens (tertiary/aromatic N) is 4. The van der Waals surface area contributed by atoms with Crippen molar-refractivity contribution in [3.8, 4) is 0 Å². The summed E-state index contributed by atoms with van der Waals surface area (Å²) < 4.78 is 28.0. The lowest BCUT2D eigenvalue weighted by molar-refractivity contribution is 0.108. The predicted molar refractivity (Wildman–Crippen MR) is 114 cm³/mol. The van der Waals surface area contributed by atoms with Gasteiger partial charge in [-0.15, -0.1) is 0 Å². The molecule has 2 heterocycles. The van der Waals surface area contributed by atoms with Crippen LogP contribution in [0.3, 0.4) is 0 Å². The van der Waals surface area contributed by atoms with Crippen LogP contribution >= 0.6 is 0 Å². The van der Waals surface area contributed by atoms with Gasteiger partial charge in [0.05, 0.1) is 17.5 Å². The lowest BCUT2D eigenvalue weighted by atomic mass is 10.1. The molecule has 162 valence electrons. The first-order valence-corrected chi connectivity index (χ1v) is 11.8. The number of hydrogen-bond acceptors (Lipinski definition) is 5. The fraction of sp³-hybridized carbons (Fsp3) is 0.650.